The number of nitrogens with zero attached hydrogens (tertiary/aromatic N) is 4. The molecule has 2 bridgehead atoms. The van der Waals surface area contributed by atoms with Crippen molar-refractivity contribution >= 4 is 40.0 Å². The molecule has 0 radical (unpaired) electrons. The molecule has 42 heavy (non-hydrogen) atoms. The molecular weight excluding hydrogens is 542 g/mol. The summed E-state index contributed by atoms with van der Waals surface area (Å²) >= 11 is 6.50. The number of aryl methyl sites for hydroxylation is 2. The minimum atomic E-state index is -0.128. The van der Waals surface area contributed by atoms with Crippen molar-refractivity contribution in [2.75, 3.05) is 23.3 Å². The number of urea groups is 1. The van der Waals surface area contributed by atoms with E-state index in [1.54, 1.807) is 0 Å². The molecule has 0 aliphatic carbocycles. The van der Waals surface area contributed by atoms with Crippen LogP contribution in [0.25, 0.3) is 11.0 Å². The first-order chi connectivity index (χ1) is 20.3. The van der Waals surface area contributed by atoms with Crippen LogP contribution in [0, 0.1) is 13.8 Å². The Morgan fingerprint density at radius 3 is 2.40 bits per heavy atom. The number of para-hydroxylation sites is 2. The monoisotopic (exact) mass is 583 g/mol. The van der Waals surface area contributed by atoms with Crippen molar-refractivity contribution in [1.82, 2.24) is 14.5 Å². The van der Waals surface area contributed by atoms with Crippen LogP contribution in [-0.2, 0) is 0 Å². The van der Waals surface area contributed by atoms with Crippen molar-refractivity contribution in [2.45, 2.75) is 83.8 Å². The molecule has 0 saturated carbocycles. The predicted octanol–water partition coefficient (Wildman–Crippen LogP) is 8.73. The summed E-state index contributed by atoms with van der Waals surface area (Å²) in [6, 6.07) is 24.1. The van der Waals surface area contributed by atoms with Crippen molar-refractivity contribution in [2.24, 2.45) is 0 Å². The van der Waals surface area contributed by atoms with Crippen LogP contribution in [0.15, 0.2) is 66.7 Å². The second-order valence-electron chi connectivity index (χ2n) is 12.4. The number of fused-ring (bicyclic) bond motifs is 3. The normalized spacial score (nSPS) is 20.4. The molecule has 3 atom stereocenters. The van der Waals surface area contributed by atoms with Gasteiger partial charge in [-0.2, -0.15) is 0 Å². The minimum absolute atomic E-state index is 0.128. The third-order valence-corrected chi connectivity index (χ3v) is 9.74. The van der Waals surface area contributed by atoms with E-state index in [1.807, 2.05) is 42.2 Å². The van der Waals surface area contributed by atoms with Crippen molar-refractivity contribution < 1.29 is 4.79 Å². The van der Waals surface area contributed by atoms with Gasteiger partial charge in [0.05, 0.1) is 11.0 Å². The Kier molecular flexibility index (Phi) is 8.28. The molecule has 1 aromatic heterocycles. The first-order valence-corrected chi connectivity index (χ1v) is 15.8. The zero-order valence-electron chi connectivity index (χ0n) is 25.2. The number of halogens is 1. The van der Waals surface area contributed by atoms with Gasteiger partial charge in [-0.15, -0.1) is 0 Å². The molecule has 2 aliphatic heterocycles. The average Bonchev–Trinajstić information content (AvgIpc) is 3.43. The van der Waals surface area contributed by atoms with Crippen molar-refractivity contribution in [1.29, 1.82) is 0 Å². The molecule has 2 amide bonds. The van der Waals surface area contributed by atoms with Crippen LogP contribution in [0.5, 0.6) is 0 Å². The van der Waals surface area contributed by atoms with Crippen molar-refractivity contribution in [3.63, 3.8) is 0 Å². The molecule has 220 valence electrons. The molecule has 6 nitrogen and oxygen atoms in total. The maximum Gasteiger partial charge on any atom is 0.326 e. The first kappa shape index (κ1) is 28.8. The SMILES string of the molecule is Cc1ccc(N(CCCN2[C@@H]3CC[C@H]2CC(n2c(C)nc4ccccc42)C3)C(=O)Nc2ccc(C(C)C)cc2)cc1Cl. The number of hydrogen-bond donors (Lipinski definition) is 1. The van der Waals surface area contributed by atoms with Gasteiger partial charge < -0.3 is 9.88 Å². The van der Waals surface area contributed by atoms with Crippen LogP contribution >= 0.6 is 11.6 Å². The topological polar surface area (TPSA) is 53.4 Å². The van der Waals surface area contributed by atoms with E-state index in [4.69, 9.17) is 16.6 Å². The van der Waals surface area contributed by atoms with Crippen LogP contribution < -0.4 is 10.2 Å². The van der Waals surface area contributed by atoms with Gasteiger partial charge in [-0.3, -0.25) is 9.80 Å². The number of carbonyl (C=O) groups is 1. The number of piperidine rings is 1. The molecule has 3 aromatic carbocycles. The molecule has 6 rings (SSSR count). The maximum absolute atomic E-state index is 13.6. The lowest BCUT2D eigenvalue weighted by Crippen LogP contribution is -2.45. The van der Waals surface area contributed by atoms with Gasteiger partial charge in [0.25, 0.3) is 0 Å². The lowest BCUT2D eigenvalue weighted by molar-refractivity contribution is 0.107. The van der Waals surface area contributed by atoms with Gasteiger partial charge in [-0.25, -0.2) is 9.78 Å². The molecule has 0 spiro atoms. The van der Waals surface area contributed by atoms with Crippen LogP contribution in [-0.4, -0.2) is 45.7 Å². The summed E-state index contributed by atoms with van der Waals surface area (Å²) in [6.45, 7) is 10.1. The van der Waals surface area contributed by atoms with E-state index in [1.165, 1.54) is 23.9 Å². The number of amides is 2. The Hall–Kier alpha value is -3.35. The van der Waals surface area contributed by atoms with E-state index in [-0.39, 0.29) is 6.03 Å². The summed E-state index contributed by atoms with van der Waals surface area (Å²) in [6.07, 6.45) is 5.70. The molecular formula is C35H42ClN5O. The standard InChI is InChI=1S/C35H42ClN5O/c1-23(2)26-11-13-27(14-12-26)38-35(42)40(30-15-10-24(3)32(36)22-30)19-7-18-39-28-16-17-29(39)21-31(20-28)41-25(4)37-33-8-5-6-9-34(33)41/h5-6,8-15,22-23,28-29,31H,7,16-21H2,1-4H3,(H,38,42)/t28-,29+,31?. The number of carbonyl (C=O) groups excluding carboxylic acids is 1. The van der Waals surface area contributed by atoms with E-state index in [9.17, 15) is 4.79 Å². The van der Waals surface area contributed by atoms with Gasteiger partial charge in [0, 0.05) is 47.6 Å². The fourth-order valence-corrected chi connectivity index (χ4v) is 7.27. The Bertz CT molecular complexity index is 1550. The highest BCUT2D eigenvalue weighted by atomic mass is 35.5. The molecule has 3 heterocycles. The second kappa shape index (κ2) is 12.1. The average molecular weight is 584 g/mol. The summed E-state index contributed by atoms with van der Waals surface area (Å²) in [4.78, 5) is 23.0. The Balaban J connectivity index is 1.13. The van der Waals surface area contributed by atoms with E-state index >= 15 is 0 Å². The van der Waals surface area contributed by atoms with Gasteiger partial charge in [0.2, 0.25) is 0 Å². The molecule has 1 unspecified atom stereocenters. The summed E-state index contributed by atoms with van der Waals surface area (Å²) in [5, 5.41) is 3.80. The van der Waals surface area contributed by atoms with Gasteiger partial charge in [0.1, 0.15) is 5.82 Å². The third-order valence-electron chi connectivity index (χ3n) is 9.34. The molecule has 2 saturated heterocycles. The van der Waals surface area contributed by atoms with Crippen molar-refractivity contribution in [3.05, 3.63) is 88.7 Å². The number of rotatable bonds is 8. The van der Waals surface area contributed by atoms with E-state index in [2.05, 4.69) is 72.0 Å². The summed E-state index contributed by atoms with van der Waals surface area (Å²) in [5.41, 5.74) is 6.23. The number of anilines is 2. The van der Waals surface area contributed by atoms with Crippen LogP contribution in [0.3, 0.4) is 0 Å². The zero-order chi connectivity index (χ0) is 29.4. The van der Waals surface area contributed by atoms with Gasteiger partial charge in [0.15, 0.2) is 0 Å². The summed E-state index contributed by atoms with van der Waals surface area (Å²) < 4.78 is 2.49. The Morgan fingerprint density at radius 2 is 1.71 bits per heavy atom. The summed E-state index contributed by atoms with van der Waals surface area (Å²) in [5.74, 6) is 1.57. The molecule has 7 heteroatoms. The number of aromatic nitrogens is 2. The third kappa shape index (κ3) is 5.80. The highest BCUT2D eigenvalue weighted by Gasteiger charge is 2.41. The first-order valence-electron chi connectivity index (χ1n) is 15.4. The van der Waals surface area contributed by atoms with Gasteiger partial charge in [-0.05, 0) is 99.4 Å². The van der Waals surface area contributed by atoms with Gasteiger partial charge in [-0.1, -0.05) is 55.8 Å². The highest BCUT2D eigenvalue weighted by molar-refractivity contribution is 6.31. The van der Waals surface area contributed by atoms with E-state index in [0.29, 0.717) is 35.6 Å². The maximum atomic E-state index is 13.6. The fourth-order valence-electron chi connectivity index (χ4n) is 7.10. The van der Waals surface area contributed by atoms with E-state index in [0.717, 1.165) is 54.1 Å². The van der Waals surface area contributed by atoms with Crippen LogP contribution in [0.4, 0.5) is 16.2 Å². The molecule has 1 N–H and O–H groups in total. The van der Waals surface area contributed by atoms with Crippen LogP contribution in [0.1, 0.15) is 74.9 Å². The number of nitrogens with one attached hydrogen (secondary N) is 1. The molecule has 4 aromatic rings. The number of benzene rings is 3. The number of imidazole rings is 1. The smallest absolute Gasteiger partial charge is 0.325 e. The van der Waals surface area contributed by atoms with Gasteiger partial charge >= 0.3 is 6.03 Å². The summed E-state index contributed by atoms with van der Waals surface area (Å²) in [7, 11) is 0. The Labute approximate surface area is 254 Å². The lowest BCUT2D eigenvalue weighted by atomic mass is 9.96. The lowest BCUT2D eigenvalue weighted by Gasteiger charge is -2.40. The molecule has 2 fully saturated rings. The quantitative estimate of drug-likeness (QED) is 0.226. The number of hydrogen-bond acceptors (Lipinski definition) is 3. The fraction of sp³-hybridized carbons (Fsp3) is 0.429. The minimum Gasteiger partial charge on any atom is -0.325 e. The second-order valence-corrected chi connectivity index (χ2v) is 12.8. The Morgan fingerprint density at radius 1 is 1.00 bits per heavy atom. The molecule has 2 aliphatic rings. The van der Waals surface area contributed by atoms with Crippen molar-refractivity contribution in [3.8, 4) is 0 Å². The highest BCUT2D eigenvalue weighted by Crippen LogP contribution is 2.42. The largest absolute Gasteiger partial charge is 0.326 e. The zero-order valence-corrected chi connectivity index (χ0v) is 25.9. The van der Waals surface area contributed by atoms with E-state index < -0.39 is 0 Å². The predicted molar refractivity (Wildman–Crippen MR) is 174 cm³/mol. The van der Waals surface area contributed by atoms with Crippen LogP contribution in [0.2, 0.25) is 5.02 Å².